The Hall–Kier alpha value is -1.85. The third kappa shape index (κ3) is 2.74. The summed E-state index contributed by atoms with van der Waals surface area (Å²) >= 11 is 6.11. The molecule has 3 rings (SSSR count). The van der Waals surface area contributed by atoms with Crippen LogP contribution in [0.1, 0.15) is 16.8 Å². The fraction of sp³-hybridized carbons (Fsp3) is 0.188. The van der Waals surface area contributed by atoms with E-state index in [0.717, 1.165) is 15.4 Å². The van der Waals surface area contributed by atoms with Gasteiger partial charge < -0.3 is 0 Å². The van der Waals surface area contributed by atoms with E-state index in [1.807, 2.05) is 36.4 Å². The van der Waals surface area contributed by atoms with Crippen molar-refractivity contribution >= 4 is 27.5 Å². The van der Waals surface area contributed by atoms with Crippen LogP contribution < -0.4 is 0 Å². The lowest BCUT2D eigenvalue weighted by molar-refractivity contribution is 0.0870. The first-order chi connectivity index (χ1) is 10.5. The van der Waals surface area contributed by atoms with Gasteiger partial charge in [0.2, 0.25) is 10.0 Å². The van der Waals surface area contributed by atoms with Crippen LogP contribution in [0.3, 0.4) is 0 Å². The van der Waals surface area contributed by atoms with E-state index in [2.05, 4.69) is 0 Å². The lowest BCUT2D eigenvalue weighted by atomic mass is 10.0. The Morgan fingerprint density at radius 1 is 1.05 bits per heavy atom. The average molecular weight is 336 g/mol. The monoisotopic (exact) mass is 335 g/mol. The molecule has 2 aromatic carbocycles. The van der Waals surface area contributed by atoms with E-state index in [1.54, 1.807) is 12.1 Å². The highest BCUT2D eigenvalue weighted by Crippen LogP contribution is 2.28. The molecular weight excluding hydrogens is 322 g/mol. The molecule has 1 saturated heterocycles. The Labute approximate surface area is 134 Å². The second kappa shape index (κ2) is 5.74. The summed E-state index contributed by atoms with van der Waals surface area (Å²) in [5, 5.41) is 0.256. The smallest absolute Gasteiger partial charge is 0.268 e. The molecule has 0 spiro atoms. The zero-order chi connectivity index (χ0) is 15.7. The van der Waals surface area contributed by atoms with Gasteiger partial charge in [-0.2, -0.15) is 0 Å². The van der Waals surface area contributed by atoms with Crippen LogP contribution in [0.15, 0.2) is 48.5 Å². The molecule has 1 heterocycles. The van der Waals surface area contributed by atoms with Gasteiger partial charge in [0.15, 0.2) is 0 Å². The van der Waals surface area contributed by atoms with Crippen molar-refractivity contribution in [3.63, 3.8) is 0 Å². The Kier molecular flexibility index (Phi) is 3.93. The summed E-state index contributed by atoms with van der Waals surface area (Å²) in [6, 6.07) is 14.6. The van der Waals surface area contributed by atoms with Crippen LogP contribution >= 0.6 is 11.6 Å². The van der Waals surface area contributed by atoms with Gasteiger partial charge in [-0.1, -0.05) is 48.0 Å². The number of benzene rings is 2. The molecule has 6 heteroatoms. The Bertz CT molecular complexity index is 819. The van der Waals surface area contributed by atoms with E-state index in [0.29, 0.717) is 6.42 Å². The van der Waals surface area contributed by atoms with Crippen molar-refractivity contribution in [3.05, 3.63) is 59.1 Å². The molecular formula is C16H14ClNO3S. The van der Waals surface area contributed by atoms with Crippen LogP contribution in [-0.4, -0.2) is 30.9 Å². The van der Waals surface area contributed by atoms with E-state index in [4.69, 9.17) is 11.6 Å². The van der Waals surface area contributed by atoms with Gasteiger partial charge in [0.05, 0.1) is 16.3 Å². The third-order valence-corrected chi connectivity index (χ3v) is 5.78. The minimum atomic E-state index is -3.50. The number of amides is 1. The Morgan fingerprint density at radius 2 is 1.77 bits per heavy atom. The van der Waals surface area contributed by atoms with Gasteiger partial charge >= 0.3 is 0 Å². The van der Waals surface area contributed by atoms with Crippen LogP contribution in [-0.2, 0) is 10.0 Å². The number of sulfonamides is 1. The largest absolute Gasteiger partial charge is 0.268 e. The van der Waals surface area contributed by atoms with Crippen molar-refractivity contribution in [2.45, 2.75) is 6.42 Å². The minimum absolute atomic E-state index is 0.00867. The zero-order valence-corrected chi connectivity index (χ0v) is 13.3. The molecule has 0 bridgehead atoms. The SMILES string of the molecule is O=C(c1cc(-c2ccccc2)ccc1Cl)N1CCCS1(=O)=O. The van der Waals surface area contributed by atoms with Crippen LogP contribution in [0, 0.1) is 0 Å². The fourth-order valence-electron chi connectivity index (χ4n) is 2.50. The molecule has 0 N–H and O–H groups in total. The lowest BCUT2D eigenvalue weighted by Gasteiger charge is -2.16. The van der Waals surface area contributed by atoms with E-state index in [-0.39, 0.29) is 22.9 Å². The van der Waals surface area contributed by atoms with Crippen LogP contribution in [0.2, 0.25) is 5.02 Å². The van der Waals surface area contributed by atoms with Gasteiger partial charge in [0.1, 0.15) is 0 Å². The highest BCUT2D eigenvalue weighted by Gasteiger charge is 2.34. The second-order valence-corrected chi connectivity index (χ2v) is 7.53. The predicted octanol–water partition coefficient (Wildman–Crippen LogP) is 3.18. The molecule has 1 aliphatic rings. The van der Waals surface area contributed by atoms with Gasteiger partial charge in [-0.25, -0.2) is 12.7 Å². The molecule has 0 atom stereocenters. The van der Waals surface area contributed by atoms with E-state index >= 15 is 0 Å². The van der Waals surface area contributed by atoms with Gasteiger partial charge in [-0.3, -0.25) is 4.79 Å². The molecule has 0 aromatic heterocycles. The molecule has 1 fully saturated rings. The third-order valence-electron chi connectivity index (χ3n) is 3.63. The molecule has 0 aliphatic carbocycles. The van der Waals surface area contributed by atoms with Crippen LogP contribution in [0.4, 0.5) is 0 Å². The van der Waals surface area contributed by atoms with Crippen molar-refractivity contribution in [2.24, 2.45) is 0 Å². The predicted molar refractivity (Wildman–Crippen MR) is 86.3 cm³/mol. The summed E-state index contributed by atoms with van der Waals surface area (Å²) < 4.78 is 24.7. The number of hydrogen-bond acceptors (Lipinski definition) is 3. The maximum atomic E-state index is 12.5. The number of rotatable bonds is 2. The summed E-state index contributed by atoms with van der Waals surface area (Å²) in [6.45, 7) is 0.215. The fourth-order valence-corrected chi connectivity index (χ4v) is 4.17. The Morgan fingerprint density at radius 3 is 2.41 bits per heavy atom. The summed E-state index contributed by atoms with van der Waals surface area (Å²) in [6.07, 6.45) is 0.462. The highest BCUT2D eigenvalue weighted by molar-refractivity contribution is 7.89. The molecule has 0 radical (unpaired) electrons. The molecule has 114 valence electrons. The van der Waals surface area contributed by atoms with Crippen LogP contribution in [0.25, 0.3) is 11.1 Å². The number of halogens is 1. The first-order valence-electron chi connectivity index (χ1n) is 6.89. The molecule has 1 aliphatic heterocycles. The Balaban J connectivity index is 2.02. The average Bonchev–Trinajstić information content (AvgIpc) is 2.87. The normalized spacial score (nSPS) is 16.7. The van der Waals surface area contributed by atoms with Gasteiger partial charge in [-0.05, 0) is 29.7 Å². The van der Waals surface area contributed by atoms with Crippen molar-refractivity contribution < 1.29 is 13.2 Å². The maximum Gasteiger partial charge on any atom is 0.268 e. The van der Waals surface area contributed by atoms with Gasteiger partial charge in [0, 0.05) is 6.54 Å². The van der Waals surface area contributed by atoms with E-state index in [9.17, 15) is 13.2 Å². The highest BCUT2D eigenvalue weighted by atomic mass is 35.5. The second-order valence-electron chi connectivity index (χ2n) is 5.11. The standard InChI is InChI=1S/C16H14ClNO3S/c17-15-8-7-13(12-5-2-1-3-6-12)11-14(15)16(19)18-9-4-10-22(18,20)21/h1-3,5-8,11H,4,9-10H2. The lowest BCUT2D eigenvalue weighted by Crippen LogP contribution is -2.32. The molecule has 0 saturated carbocycles. The zero-order valence-electron chi connectivity index (χ0n) is 11.7. The van der Waals surface area contributed by atoms with Crippen LogP contribution in [0.5, 0.6) is 0 Å². The number of carbonyl (C=O) groups is 1. The van der Waals surface area contributed by atoms with Gasteiger partial charge in [0.25, 0.3) is 5.91 Å². The summed E-state index contributed by atoms with van der Waals surface area (Å²) in [7, 11) is -3.50. The summed E-state index contributed by atoms with van der Waals surface area (Å²) in [5.74, 6) is -0.547. The molecule has 22 heavy (non-hydrogen) atoms. The minimum Gasteiger partial charge on any atom is -0.268 e. The van der Waals surface area contributed by atoms with E-state index in [1.165, 1.54) is 0 Å². The molecule has 4 nitrogen and oxygen atoms in total. The number of nitrogens with zero attached hydrogens (tertiary/aromatic N) is 1. The topological polar surface area (TPSA) is 54.5 Å². The molecule has 1 amide bonds. The summed E-state index contributed by atoms with van der Waals surface area (Å²) in [4.78, 5) is 12.5. The first-order valence-corrected chi connectivity index (χ1v) is 8.87. The molecule has 0 unspecified atom stereocenters. The van der Waals surface area contributed by atoms with Crippen molar-refractivity contribution in [3.8, 4) is 11.1 Å². The van der Waals surface area contributed by atoms with Crippen molar-refractivity contribution in [1.82, 2.24) is 4.31 Å². The quantitative estimate of drug-likeness (QED) is 0.847. The maximum absolute atomic E-state index is 12.5. The number of carbonyl (C=O) groups excluding carboxylic acids is 1. The van der Waals surface area contributed by atoms with Crippen molar-refractivity contribution in [2.75, 3.05) is 12.3 Å². The van der Waals surface area contributed by atoms with Gasteiger partial charge in [-0.15, -0.1) is 0 Å². The summed E-state index contributed by atoms with van der Waals surface area (Å²) in [5.41, 5.74) is 1.98. The first kappa shape index (κ1) is 15.1. The van der Waals surface area contributed by atoms with E-state index < -0.39 is 15.9 Å². The molecule has 2 aromatic rings. The van der Waals surface area contributed by atoms with Crippen molar-refractivity contribution in [1.29, 1.82) is 0 Å². The number of hydrogen-bond donors (Lipinski definition) is 0.